The summed E-state index contributed by atoms with van der Waals surface area (Å²) in [6.45, 7) is 5.74. The number of aryl methyl sites for hydroxylation is 1. The van der Waals surface area contributed by atoms with Crippen LogP contribution in [0.3, 0.4) is 0 Å². The zero-order chi connectivity index (χ0) is 13.8. The third kappa shape index (κ3) is 3.15. The Morgan fingerprint density at radius 2 is 2.47 bits per heavy atom. The fraction of sp³-hybridized carbons (Fsp3) is 0.400. The molecular formula is C15H20N2O2. The number of ether oxygens (including phenoxy) is 1. The number of rotatable bonds is 5. The lowest BCUT2D eigenvalue weighted by molar-refractivity contribution is -0.127. The number of amides is 1. The van der Waals surface area contributed by atoms with Gasteiger partial charge in [-0.25, -0.2) is 0 Å². The molecule has 4 heteroatoms. The van der Waals surface area contributed by atoms with E-state index in [0.29, 0.717) is 12.3 Å². The Labute approximate surface area is 113 Å². The number of nitrogens with two attached hydrogens (primary N) is 1. The molecule has 0 aliphatic heterocycles. The van der Waals surface area contributed by atoms with Crippen molar-refractivity contribution in [3.05, 3.63) is 42.0 Å². The smallest absolute Gasteiger partial charge is 0.261 e. The van der Waals surface area contributed by atoms with Crippen LogP contribution in [-0.4, -0.2) is 18.6 Å². The minimum Gasteiger partial charge on any atom is -0.481 e. The zero-order valence-electron chi connectivity index (χ0n) is 11.2. The van der Waals surface area contributed by atoms with Gasteiger partial charge in [-0.3, -0.25) is 4.79 Å². The quantitative estimate of drug-likeness (QED) is 0.792. The molecule has 1 amide bonds. The highest BCUT2D eigenvalue weighted by molar-refractivity contribution is 5.80. The van der Waals surface area contributed by atoms with Gasteiger partial charge in [0.2, 0.25) is 0 Å². The lowest BCUT2D eigenvalue weighted by atomic mass is 10.1. The van der Waals surface area contributed by atoms with Crippen molar-refractivity contribution in [3.63, 3.8) is 0 Å². The van der Waals surface area contributed by atoms with Crippen LogP contribution in [0.25, 0.3) is 0 Å². The van der Waals surface area contributed by atoms with Crippen molar-refractivity contribution in [1.82, 2.24) is 5.32 Å². The minimum absolute atomic E-state index is 0.136. The van der Waals surface area contributed by atoms with Crippen LogP contribution in [0.15, 0.2) is 30.9 Å². The van der Waals surface area contributed by atoms with Crippen LogP contribution in [0.5, 0.6) is 5.75 Å². The molecule has 1 aromatic rings. The van der Waals surface area contributed by atoms with E-state index >= 15 is 0 Å². The SMILES string of the molecule is C=CCNC(=O)C(C)Oc1ccc2c(c1)CC[C@@H]2N. The van der Waals surface area contributed by atoms with Gasteiger partial charge in [-0.1, -0.05) is 12.1 Å². The lowest BCUT2D eigenvalue weighted by Gasteiger charge is -2.15. The van der Waals surface area contributed by atoms with Gasteiger partial charge in [0.25, 0.3) is 5.91 Å². The van der Waals surface area contributed by atoms with E-state index in [1.807, 2.05) is 18.2 Å². The summed E-state index contributed by atoms with van der Waals surface area (Å²) in [7, 11) is 0. The van der Waals surface area contributed by atoms with Gasteiger partial charge in [-0.2, -0.15) is 0 Å². The summed E-state index contributed by atoms with van der Waals surface area (Å²) in [4.78, 5) is 11.7. The normalized spacial score (nSPS) is 18.5. The molecule has 0 saturated heterocycles. The number of hydrogen-bond donors (Lipinski definition) is 2. The van der Waals surface area contributed by atoms with Crippen LogP contribution in [0.1, 0.15) is 30.5 Å². The molecule has 1 aliphatic rings. The van der Waals surface area contributed by atoms with Gasteiger partial charge < -0.3 is 15.8 Å². The largest absolute Gasteiger partial charge is 0.481 e. The number of nitrogens with one attached hydrogen (secondary N) is 1. The first-order valence-electron chi connectivity index (χ1n) is 6.55. The first kappa shape index (κ1) is 13.6. The molecule has 1 aromatic carbocycles. The standard InChI is InChI=1S/C15H20N2O2/c1-3-8-17-15(18)10(2)19-12-5-6-13-11(9-12)4-7-14(13)16/h3,5-6,9-10,14H,1,4,7-8,16H2,2H3,(H,17,18)/t10?,14-/m0/s1. The van der Waals surface area contributed by atoms with E-state index in [9.17, 15) is 4.79 Å². The highest BCUT2D eigenvalue weighted by Crippen LogP contribution is 2.32. The van der Waals surface area contributed by atoms with Gasteiger partial charge in [0, 0.05) is 12.6 Å². The van der Waals surface area contributed by atoms with E-state index in [1.165, 1.54) is 11.1 Å². The molecule has 1 aliphatic carbocycles. The van der Waals surface area contributed by atoms with Gasteiger partial charge in [0.15, 0.2) is 6.10 Å². The Kier molecular flexibility index (Phi) is 4.22. The van der Waals surface area contributed by atoms with Crippen LogP contribution in [0.4, 0.5) is 0 Å². The molecule has 0 saturated carbocycles. The highest BCUT2D eigenvalue weighted by Gasteiger charge is 2.20. The maximum Gasteiger partial charge on any atom is 0.261 e. The summed E-state index contributed by atoms with van der Waals surface area (Å²) in [6.07, 6.45) is 3.08. The fourth-order valence-corrected chi connectivity index (χ4v) is 2.27. The Balaban J connectivity index is 2.00. The average molecular weight is 260 g/mol. The highest BCUT2D eigenvalue weighted by atomic mass is 16.5. The van der Waals surface area contributed by atoms with E-state index in [1.54, 1.807) is 13.0 Å². The molecular weight excluding hydrogens is 240 g/mol. The molecule has 19 heavy (non-hydrogen) atoms. The van der Waals surface area contributed by atoms with Crippen LogP contribution in [-0.2, 0) is 11.2 Å². The fourth-order valence-electron chi connectivity index (χ4n) is 2.27. The molecule has 0 aromatic heterocycles. The van der Waals surface area contributed by atoms with Gasteiger partial charge in [-0.15, -0.1) is 6.58 Å². The Hall–Kier alpha value is -1.81. The summed E-state index contributed by atoms with van der Waals surface area (Å²) >= 11 is 0. The van der Waals surface area contributed by atoms with E-state index in [4.69, 9.17) is 10.5 Å². The predicted molar refractivity (Wildman–Crippen MR) is 75.0 cm³/mol. The minimum atomic E-state index is -0.520. The molecule has 102 valence electrons. The van der Waals surface area contributed by atoms with Crippen molar-refractivity contribution >= 4 is 5.91 Å². The van der Waals surface area contributed by atoms with Gasteiger partial charge >= 0.3 is 0 Å². The molecule has 0 heterocycles. The summed E-state index contributed by atoms with van der Waals surface area (Å²) in [5, 5.41) is 2.71. The van der Waals surface area contributed by atoms with E-state index < -0.39 is 6.10 Å². The molecule has 0 bridgehead atoms. The topological polar surface area (TPSA) is 64.3 Å². The van der Waals surface area contributed by atoms with Crippen molar-refractivity contribution in [1.29, 1.82) is 0 Å². The summed E-state index contributed by atoms with van der Waals surface area (Å²) in [6, 6.07) is 6.00. The monoisotopic (exact) mass is 260 g/mol. The van der Waals surface area contributed by atoms with Gasteiger partial charge in [-0.05, 0) is 43.0 Å². The third-order valence-electron chi connectivity index (χ3n) is 3.34. The number of carbonyl (C=O) groups excluding carboxylic acids is 1. The first-order chi connectivity index (χ1) is 9.11. The van der Waals surface area contributed by atoms with Crippen LogP contribution in [0, 0.1) is 0 Å². The van der Waals surface area contributed by atoms with Crippen molar-refractivity contribution in [2.75, 3.05) is 6.54 Å². The summed E-state index contributed by atoms with van der Waals surface area (Å²) in [5.41, 5.74) is 8.40. The second-order valence-corrected chi connectivity index (χ2v) is 4.80. The maximum absolute atomic E-state index is 11.7. The molecule has 0 fully saturated rings. The number of fused-ring (bicyclic) bond motifs is 1. The average Bonchev–Trinajstić information content (AvgIpc) is 2.77. The third-order valence-corrected chi connectivity index (χ3v) is 3.34. The molecule has 0 radical (unpaired) electrons. The summed E-state index contributed by atoms with van der Waals surface area (Å²) in [5.74, 6) is 0.575. The lowest BCUT2D eigenvalue weighted by Crippen LogP contribution is -2.36. The molecule has 3 N–H and O–H groups in total. The van der Waals surface area contributed by atoms with Gasteiger partial charge in [0.05, 0.1) is 0 Å². The van der Waals surface area contributed by atoms with Crippen LogP contribution < -0.4 is 15.8 Å². The second kappa shape index (κ2) is 5.89. The number of carbonyl (C=O) groups is 1. The first-order valence-corrected chi connectivity index (χ1v) is 6.55. The van der Waals surface area contributed by atoms with E-state index in [0.717, 1.165) is 12.8 Å². The zero-order valence-corrected chi connectivity index (χ0v) is 11.2. The maximum atomic E-state index is 11.7. The van der Waals surface area contributed by atoms with Crippen LogP contribution >= 0.6 is 0 Å². The summed E-state index contributed by atoms with van der Waals surface area (Å²) < 4.78 is 5.65. The Bertz CT molecular complexity index is 485. The van der Waals surface area contributed by atoms with Crippen molar-refractivity contribution < 1.29 is 9.53 Å². The van der Waals surface area contributed by atoms with Gasteiger partial charge in [0.1, 0.15) is 5.75 Å². The second-order valence-electron chi connectivity index (χ2n) is 4.80. The number of hydrogen-bond acceptors (Lipinski definition) is 3. The molecule has 1 unspecified atom stereocenters. The molecule has 0 spiro atoms. The Morgan fingerprint density at radius 3 is 3.21 bits per heavy atom. The van der Waals surface area contributed by atoms with Crippen molar-refractivity contribution in [3.8, 4) is 5.75 Å². The van der Waals surface area contributed by atoms with E-state index in [-0.39, 0.29) is 11.9 Å². The van der Waals surface area contributed by atoms with Crippen molar-refractivity contribution in [2.24, 2.45) is 5.73 Å². The van der Waals surface area contributed by atoms with E-state index in [2.05, 4.69) is 11.9 Å². The number of benzene rings is 1. The Morgan fingerprint density at radius 1 is 1.68 bits per heavy atom. The molecule has 4 nitrogen and oxygen atoms in total. The van der Waals surface area contributed by atoms with Crippen molar-refractivity contribution in [2.45, 2.75) is 31.9 Å². The molecule has 2 rings (SSSR count). The predicted octanol–water partition coefficient (Wildman–Crippen LogP) is 1.70. The molecule has 2 atom stereocenters. The van der Waals surface area contributed by atoms with Crippen LogP contribution in [0.2, 0.25) is 0 Å².